The molecule has 0 aliphatic carbocycles. The summed E-state index contributed by atoms with van der Waals surface area (Å²) in [5.41, 5.74) is 0. The van der Waals surface area contributed by atoms with Crippen LogP contribution in [0.2, 0.25) is 25.2 Å². The Bertz CT molecular complexity index is 60.5. The minimum atomic E-state index is -0.401. The Hall–Kier alpha value is 0.434. The normalized spacial score (nSPS) is 31.7. The first-order chi connectivity index (χ1) is 3.21. The molecule has 1 rings (SSSR count). The second-order valence-corrected chi connectivity index (χ2v) is 16.6. The van der Waals surface area contributed by atoms with E-state index in [0.717, 1.165) is 0 Å². The standard InChI is InChI=1S/C5H14Si2/c1-7(2)5-3-4-6-7/h3-6H2,1-2H3. The lowest BCUT2D eigenvalue weighted by atomic mass is 10.6. The molecule has 42 valence electrons. The fourth-order valence-corrected chi connectivity index (χ4v) is 9.87. The zero-order valence-electron chi connectivity index (χ0n) is 5.33. The molecule has 0 atom stereocenters. The predicted octanol–water partition coefficient (Wildman–Crippen LogP) is 1.18. The molecule has 0 saturated carbocycles. The summed E-state index contributed by atoms with van der Waals surface area (Å²) in [6, 6.07) is 3.32. The Balaban J connectivity index is 2.40. The van der Waals surface area contributed by atoms with E-state index in [0.29, 0.717) is 9.04 Å². The van der Waals surface area contributed by atoms with Gasteiger partial charge in [0.05, 0.1) is 0 Å². The second kappa shape index (κ2) is 1.74. The fourth-order valence-electron chi connectivity index (χ4n) is 1.33. The molecule has 2 heteroatoms. The van der Waals surface area contributed by atoms with Crippen LogP contribution in [0.4, 0.5) is 0 Å². The molecular weight excluding hydrogens is 116 g/mol. The number of hydrogen-bond acceptors (Lipinski definition) is 0. The van der Waals surface area contributed by atoms with E-state index in [1.165, 1.54) is 0 Å². The molecule has 0 radical (unpaired) electrons. The van der Waals surface area contributed by atoms with E-state index >= 15 is 0 Å². The van der Waals surface area contributed by atoms with Gasteiger partial charge in [0.2, 0.25) is 0 Å². The van der Waals surface area contributed by atoms with Gasteiger partial charge in [-0.3, -0.25) is 0 Å². The predicted molar refractivity (Wildman–Crippen MR) is 40.3 cm³/mol. The maximum atomic E-state index is 2.56. The van der Waals surface area contributed by atoms with Crippen molar-refractivity contribution in [3.63, 3.8) is 0 Å². The highest BCUT2D eigenvalue weighted by molar-refractivity contribution is 7.24. The van der Waals surface area contributed by atoms with Crippen molar-refractivity contribution in [3.05, 3.63) is 0 Å². The van der Waals surface area contributed by atoms with Crippen LogP contribution in [0.5, 0.6) is 0 Å². The van der Waals surface area contributed by atoms with Gasteiger partial charge in [-0.1, -0.05) is 31.6 Å². The van der Waals surface area contributed by atoms with Crippen molar-refractivity contribution in [2.24, 2.45) is 0 Å². The summed E-state index contributed by atoms with van der Waals surface area (Å²) in [6.45, 7) is 5.12. The molecule has 7 heavy (non-hydrogen) atoms. The summed E-state index contributed by atoms with van der Waals surface area (Å²) in [6.07, 6.45) is 1.59. The van der Waals surface area contributed by atoms with Gasteiger partial charge < -0.3 is 0 Å². The molecule has 1 saturated heterocycles. The summed E-state index contributed by atoms with van der Waals surface area (Å²) >= 11 is 0. The first-order valence-electron chi connectivity index (χ1n) is 3.21. The minimum absolute atomic E-state index is 0.401. The zero-order valence-corrected chi connectivity index (χ0v) is 7.74. The average Bonchev–Trinajstić information content (AvgIpc) is 1.84. The molecule has 1 heterocycles. The fraction of sp³-hybridized carbons (Fsp3) is 1.00. The zero-order chi connectivity index (χ0) is 5.33. The molecule has 0 N–H and O–H groups in total. The Morgan fingerprint density at radius 3 is 2.29 bits per heavy atom. The van der Waals surface area contributed by atoms with Crippen molar-refractivity contribution in [3.8, 4) is 0 Å². The highest BCUT2D eigenvalue weighted by Crippen LogP contribution is 2.21. The number of hydrogen-bond donors (Lipinski definition) is 0. The third-order valence-corrected chi connectivity index (χ3v) is 12.1. The van der Waals surface area contributed by atoms with Crippen LogP contribution in [0.3, 0.4) is 0 Å². The lowest BCUT2D eigenvalue weighted by Crippen LogP contribution is -2.27. The van der Waals surface area contributed by atoms with Crippen molar-refractivity contribution in [1.82, 2.24) is 0 Å². The first-order valence-corrected chi connectivity index (χ1v) is 9.74. The highest BCUT2D eigenvalue weighted by atomic mass is 29.2. The lowest BCUT2D eigenvalue weighted by molar-refractivity contribution is 1.08. The molecule has 0 spiro atoms. The molecule has 0 aromatic carbocycles. The van der Waals surface area contributed by atoms with Gasteiger partial charge in [-0.25, -0.2) is 0 Å². The molecule has 1 aliphatic rings. The molecule has 0 nitrogen and oxygen atoms in total. The van der Waals surface area contributed by atoms with Crippen LogP contribution >= 0.6 is 0 Å². The van der Waals surface area contributed by atoms with Gasteiger partial charge in [-0.05, 0) is 0 Å². The molecule has 0 aromatic heterocycles. The summed E-state index contributed by atoms with van der Waals surface area (Å²) < 4.78 is 0. The Labute approximate surface area is 48.9 Å². The van der Waals surface area contributed by atoms with Crippen LogP contribution in [-0.4, -0.2) is 16.6 Å². The van der Waals surface area contributed by atoms with Crippen molar-refractivity contribution >= 4 is 16.6 Å². The quantitative estimate of drug-likeness (QED) is 0.432. The molecule has 1 aliphatic heterocycles. The van der Waals surface area contributed by atoms with Crippen molar-refractivity contribution in [2.75, 3.05) is 0 Å². The van der Waals surface area contributed by atoms with Gasteiger partial charge in [-0.15, -0.1) is 0 Å². The SMILES string of the molecule is C[Si]1(C)CCC[SiH2]1. The third kappa shape index (κ3) is 1.42. The largest absolute Gasteiger partial charge is 0.0718 e. The van der Waals surface area contributed by atoms with E-state index < -0.39 is 7.59 Å². The van der Waals surface area contributed by atoms with Gasteiger partial charge in [0.25, 0.3) is 0 Å². The molecule has 0 amide bonds. The number of rotatable bonds is 0. The van der Waals surface area contributed by atoms with Crippen molar-refractivity contribution < 1.29 is 0 Å². The minimum Gasteiger partial charge on any atom is -0.0718 e. The smallest absolute Gasteiger partial charge is 0.0340 e. The maximum Gasteiger partial charge on any atom is 0.0340 e. The molecule has 0 aromatic rings. The van der Waals surface area contributed by atoms with Gasteiger partial charge in [0, 0.05) is 16.6 Å². The van der Waals surface area contributed by atoms with Crippen LogP contribution in [0.15, 0.2) is 0 Å². The van der Waals surface area contributed by atoms with Gasteiger partial charge in [0.1, 0.15) is 0 Å². The van der Waals surface area contributed by atoms with E-state index in [1.807, 2.05) is 0 Å². The second-order valence-electron chi connectivity index (χ2n) is 3.37. The van der Waals surface area contributed by atoms with E-state index in [9.17, 15) is 0 Å². The lowest BCUT2D eigenvalue weighted by Gasteiger charge is -2.10. The van der Waals surface area contributed by atoms with Gasteiger partial charge in [-0.2, -0.15) is 0 Å². The van der Waals surface area contributed by atoms with Crippen LogP contribution in [-0.2, 0) is 0 Å². The van der Waals surface area contributed by atoms with Crippen LogP contribution in [0.25, 0.3) is 0 Å². The molecule has 0 unspecified atom stereocenters. The Kier molecular flexibility index (Phi) is 1.39. The van der Waals surface area contributed by atoms with E-state index in [-0.39, 0.29) is 0 Å². The summed E-state index contributed by atoms with van der Waals surface area (Å²) in [4.78, 5) is 0. The summed E-state index contributed by atoms with van der Waals surface area (Å²) in [5, 5.41) is 0. The van der Waals surface area contributed by atoms with E-state index in [4.69, 9.17) is 0 Å². The van der Waals surface area contributed by atoms with Gasteiger partial charge >= 0.3 is 0 Å². The van der Waals surface area contributed by atoms with Crippen LogP contribution < -0.4 is 0 Å². The van der Waals surface area contributed by atoms with Crippen molar-refractivity contribution in [1.29, 1.82) is 0 Å². The topological polar surface area (TPSA) is 0 Å². The Morgan fingerprint density at radius 1 is 1.43 bits per heavy atom. The molecular formula is C5H14Si2. The highest BCUT2D eigenvalue weighted by Gasteiger charge is 2.24. The van der Waals surface area contributed by atoms with Gasteiger partial charge in [0.15, 0.2) is 0 Å². The summed E-state index contributed by atoms with van der Waals surface area (Å²) in [5.74, 6) is 0. The maximum absolute atomic E-state index is 2.56. The average molecular weight is 130 g/mol. The van der Waals surface area contributed by atoms with E-state index in [2.05, 4.69) is 13.1 Å². The Morgan fingerprint density at radius 2 is 2.14 bits per heavy atom. The van der Waals surface area contributed by atoms with Crippen LogP contribution in [0, 0.1) is 0 Å². The van der Waals surface area contributed by atoms with Crippen molar-refractivity contribution in [2.45, 2.75) is 31.6 Å². The van der Waals surface area contributed by atoms with Crippen LogP contribution in [0.1, 0.15) is 6.42 Å². The summed E-state index contributed by atoms with van der Waals surface area (Å²) in [7, 11) is 0.109. The van der Waals surface area contributed by atoms with E-state index in [1.54, 1.807) is 18.5 Å². The third-order valence-electron chi connectivity index (χ3n) is 1.96. The monoisotopic (exact) mass is 130 g/mol. The first kappa shape index (κ1) is 5.57. The molecule has 0 bridgehead atoms. The molecule has 1 fully saturated rings.